The molecule has 0 aliphatic rings. The molecule has 0 bridgehead atoms. The summed E-state index contributed by atoms with van der Waals surface area (Å²) < 4.78 is 0. The van der Waals surface area contributed by atoms with Crippen LogP contribution in [0.25, 0.3) is 22.4 Å². The largest absolute Gasteiger partial charge is 0.349 e. The Morgan fingerprint density at radius 3 is 2.41 bits per heavy atom. The number of aromatic amines is 2. The van der Waals surface area contributed by atoms with Crippen LogP contribution >= 0.6 is 11.6 Å². The van der Waals surface area contributed by atoms with Gasteiger partial charge in [0.25, 0.3) is 0 Å². The first kappa shape index (κ1) is 17.3. The first-order valence-corrected chi connectivity index (χ1v) is 8.94. The van der Waals surface area contributed by atoms with Gasteiger partial charge in [0.15, 0.2) is 0 Å². The lowest BCUT2D eigenvalue weighted by Crippen LogP contribution is -2.10. The maximum Gasteiger partial charge on any atom is 0.202 e. The quantitative estimate of drug-likeness (QED) is 0.546. The highest BCUT2D eigenvalue weighted by atomic mass is 35.5. The highest BCUT2D eigenvalue weighted by Crippen LogP contribution is 2.34. The predicted octanol–water partition coefficient (Wildman–Crippen LogP) is 4.17. The van der Waals surface area contributed by atoms with Gasteiger partial charge in [-0.15, -0.1) is 0 Å². The summed E-state index contributed by atoms with van der Waals surface area (Å²) in [5.41, 5.74) is 6.04. The minimum absolute atomic E-state index is 0.666. The van der Waals surface area contributed by atoms with E-state index >= 15 is 0 Å². The van der Waals surface area contributed by atoms with E-state index in [2.05, 4.69) is 25.1 Å². The van der Waals surface area contributed by atoms with E-state index in [4.69, 9.17) is 11.6 Å². The van der Waals surface area contributed by atoms with Gasteiger partial charge < -0.3 is 9.88 Å². The summed E-state index contributed by atoms with van der Waals surface area (Å²) >= 11 is 6.04. The summed E-state index contributed by atoms with van der Waals surface area (Å²) in [5.74, 6) is 0.827. The minimum Gasteiger partial charge on any atom is -0.349 e. The smallest absolute Gasteiger partial charge is 0.202 e. The monoisotopic (exact) mass is 378 g/mol. The van der Waals surface area contributed by atoms with E-state index in [1.54, 1.807) is 12.4 Å². The van der Waals surface area contributed by atoms with Gasteiger partial charge in [0.2, 0.25) is 5.95 Å². The van der Waals surface area contributed by atoms with E-state index in [9.17, 15) is 0 Å². The number of nitrogens with zero attached hydrogens (tertiary/aromatic N) is 4. The molecule has 7 heteroatoms. The molecule has 0 unspecified atom stereocenters. The molecule has 0 aliphatic carbocycles. The number of anilines is 1. The van der Waals surface area contributed by atoms with Crippen LogP contribution in [0.5, 0.6) is 0 Å². The van der Waals surface area contributed by atoms with Crippen molar-refractivity contribution in [1.82, 2.24) is 25.1 Å². The number of nitrogens with one attached hydrogen (secondary N) is 2. The molecule has 0 aliphatic heterocycles. The van der Waals surface area contributed by atoms with Crippen molar-refractivity contribution in [3.05, 3.63) is 71.4 Å². The average Bonchev–Trinajstić information content (AvgIpc) is 3.31. The molecule has 6 nitrogen and oxygen atoms in total. The van der Waals surface area contributed by atoms with Crippen LogP contribution in [0.3, 0.4) is 0 Å². The summed E-state index contributed by atoms with van der Waals surface area (Å²) in [6, 6.07) is 11.7. The summed E-state index contributed by atoms with van der Waals surface area (Å²) in [6.07, 6.45) is 6.10. The zero-order valence-electron chi connectivity index (χ0n) is 15.1. The van der Waals surface area contributed by atoms with Gasteiger partial charge in [-0.1, -0.05) is 23.7 Å². The normalized spacial score (nSPS) is 10.9. The van der Waals surface area contributed by atoms with Crippen molar-refractivity contribution < 1.29 is 0 Å². The molecule has 0 saturated carbocycles. The Hall–Kier alpha value is -3.12. The van der Waals surface area contributed by atoms with Crippen molar-refractivity contribution in [2.24, 2.45) is 0 Å². The number of halogens is 1. The zero-order valence-corrected chi connectivity index (χ0v) is 15.8. The molecule has 0 fully saturated rings. The highest BCUT2D eigenvalue weighted by Gasteiger charge is 2.18. The first-order valence-electron chi connectivity index (χ1n) is 8.56. The lowest BCUT2D eigenvalue weighted by atomic mass is 9.98. The summed E-state index contributed by atoms with van der Waals surface area (Å²) in [4.78, 5) is 13.8. The van der Waals surface area contributed by atoms with Crippen LogP contribution in [-0.4, -0.2) is 39.2 Å². The lowest BCUT2D eigenvalue weighted by Gasteiger charge is -2.07. The maximum atomic E-state index is 6.04. The fourth-order valence-corrected chi connectivity index (χ4v) is 3.13. The highest BCUT2D eigenvalue weighted by molar-refractivity contribution is 6.30. The fourth-order valence-electron chi connectivity index (χ4n) is 3.01. The van der Waals surface area contributed by atoms with E-state index in [0.29, 0.717) is 11.4 Å². The summed E-state index contributed by atoms with van der Waals surface area (Å²) in [6.45, 7) is 0. The van der Waals surface area contributed by atoms with Gasteiger partial charge in [-0.2, -0.15) is 5.10 Å². The topological polar surface area (TPSA) is 73.5 Å². The Labute approximate surface area is 162 Å². The molecule has 0 saturated heterocycles. The molecule has 2 N–H and O–H groups in total. The van der Waals surface area contributed by atoms with E-state index in [1.165, 1.54) is 0 Å². The second kappa shape index (κ2) is 7.25. The van der Waals surface area contributed by atoms with Crippen LogP contribution < -0.4 is 4.90 Å². The van der Waals surface area contributed by atoms with Gasteiger partial charge in [-0.3, -0.25) is 10.1 Å². The number of H-pyrrole nitrogens is 2. The van der Waals surface area contributed by atoms with Crippen LogP contribution in [0, 0.1) is 0 Å². The fraction of sp³-hybridized carbons (Fsp3) is 0.150. The van der Waals surface area contributed by atoms with Crippen LogP contribution in [0.2, 0.25) is 5.02 Å². The van der Waals surface area contributed by atoms with Crippen molar-refractivity contribution >= 4 is 17.5 Å². The Bertz CT molecular complexity index is 1030. The average molecular weight is 379 g/mol. The third kappa shape index (κ3) is 3.57. The van der Waals surface area contributed by atoms with Crippen LogP contribution in [-0.2, 0) is 6.42 Å². The van der Waals surface area contributed by atoms with Crippen LogP contribution in [0.4, 0.5) is 5.95 Å². The molecule has 136 valence electrons. The molecular weight excluding hydrogens is 360 g/mol. The standard InChI is InChI=1S/C20H19ClN6/c1-27(2)20-23-12-16(24-20)11-17-18(13-7-9-22-10-8-13)19(26-25-17)14-3-5-15(21)6-4-14/h3-10,12H,11H2,1-2H3,(H,23,24)(H,25,26). The van der Waals surface area contributed by atoms with E-state index < -0.39 is 0 Å². The zero-order chi connectivity index (χ0) is 18.8. The van der Waals surface area contributed by atoms with E-state index in [1.807, 2.05) is 61.6 Å². The first-order chi connectivity index (χ1) is 13.1. The second-order valence-electron chi connectivity index (χ2n) is 6.47. The number of benzene rings is 1. The molecule has 4 rings (SSSR count). The van der Waals surface area contributed by atoms with Gasteiger partial charge >= 0.3 is 0 Å². The molecule has 0 radical (unpaired) electrons. The molecule has 1 aromatic carbocycles. The third-order valence-corrected chi connectivity index (χ3v) is 4.59. The number of rotatable bonds is 5. The molecule has 0 spiro atoms. The summed E-state index contributed by atoms with van der Waals surface area (Å²) in [5, 5.41) is 8.51. The van der Waals surface area contributed by atoms with Crippen molar-refractivity contribution in [3.8, 4) is 22.4 Å². The predicted molar refractivity (Wildman–Crippen MR) is 108 cm³/mol. The number of hydrogen-bond donors (Lipinski definition) is 2. The second-order valence-corrected chi connectivity index (χ2v) is 6.91. The number of hydrogen-bond acceptors (Lipinski definition) is 4. The van der Waals surface area contributed by atoms with Gasteiger partial charge in [0, 0.05) is 60.4 Å². The SMILES string of the molecule is CN(C)c1ncc(Cc2[nH]nc(-c3ccc(Cl)cc3)c2-c2ccncc2)[nH]1. The van der Waals surface area contributed by atoms with Crippen molar-refractivity contribution in [2.45, 2.75) is 6.42 Å². The maximum absolute atomic E-state index is 6.04. The van der Waals surface area contributed by atoms with E-state index in [0.717, 1.165) is 39.7 Å². The Kier molecular flexibility index (Phi) is 4.64. The molecule has 0 atom stereocenters. The van der Waals surface area contributed by atoms with Crippen LogP contribution in [0.1, 0.15) is 11.4 Å². The van der Waals surface area contributed by atoms with Crippen LogP contribution in [0.15, 0.2) is 55.0 Å². The van der Waals surface area contributed by atoms with Crippen molar-refractivity contribution in [1.29, 1.82) is 0 Å². The molecule has 3 aromatic heterocycles. The molecule has 3 heterocycles. The van der Waals surface area contributed by atoms with Gasteiger partial charge in [-0.05, 0) is 29.8 Å². The third-order valence-electron chi connectivity index (χ3n) is 4.33. The van der Waals surface area contributed by atoms with Gasteiger partial charge in [0.05, 0.1) is 6.20 Å². The Morgan fingerprint density at radius 2 is 1.74 bits per heavy atom. The van der Waals surface area contributed by atoms with E-state index in [-0.39, 0.29) is 0 Å². The molecular formula is C20H19ClN6. The van der Waals surface area contributed by atoms with Crippen molar-refractivity contribution in [3.63, 3.8) is 0 Å². The summed E-state index contributed by atoms with van der Waals surface area (Å²) in [7, 11) is 3.92. The minimum atomic E-state index is 0.666. The van der Waals surface area contributed by atoms with Gasteiger partial charge in [-0.25, -0.2) is 4.98 Å². The molecule has 27 heavy (non-hydrogen) atoms. The molecule has 0 amide bonds. The number of aromatic nitrogens is 5. The number of pyridine rings is 1. The van der Waals surface area contributed by atoms with Crippen molar-refractivity contribution in [2.75, 3.05) is 19.0 Å². The lowest BCUT2D eigenvalue weighted by molar-refractivity contribution is 0.969. The number of imidazole rings is 1. The Balaban J connectivity index is 1.78. The Morgan fingerprint density at radius 1 is 1.00 bits per heavy atom. The van der Waals surface area contributed by atoms with Gasteiger partial charge in [0.1, 0.15) is 5.69 Å². The molecule has 4 aromatic rings.